The molecule has 0 aliphatic carbocycles. The first-order valence-corrected chi connectivity index (χ1v) is 42.1. The first-order chi connectivity index (χ1) is 45.5. The normalized spacial score (nSPS) is 14.0. The van der Waals surface area contributed by atoms with Crippen molar-refractivity contribution in [1.82, 2.24) is 0 Å². The molecule has 558 valence electrons. The van der Waals surface area contributed by atoms with Crippen LogP contribution < -0.4 is 0 Å². The lowest BCUT2D eigenvalue weighted by atomic mass is 10.0. The Labute approximate surface area is 575 Å². The van der Waals surface area contributed by atoms with Crippen molar-refractivity contribution in [2.45, 2.75) is 412 Å². The van der Waals surface area contributed by atoms with Crippen molar-refractivity contribution in [2.75, 3.05) is 39.6 Å². The van der Waals surface area contributed by atoms with E-state index in [0.29, 0.717) is 25.7 Å². The van der Waals surface area contributed by atoms with Crippen LogP contribution in [0.15, 0.2) is 0 Å². The quantitative estimate of drug-likeness (QED) is 0.0222. The van der Waals surface area contributed by atoms with Gasteiger partial charge in [-0.25, -0.2) is 9.13 Å². The summed E-state index contributed by atoms with van der Waals surface area (Å²) in [5.41, 5.74) is 0. The topological polar surface area (TPSA) is 237 Å². The van der Waals surface area contributed by atoms with E-state index < -0.39 is 97.5 Å². The lowest BCUT2D eigenvalue weighted by Crippen LogP contribution is -2.30. The van der Waals surface area contributed by atoms with E-state index in [0.717, 1.165) is 102 Å². The molecular formula is C75H146O17P2. The number of carbonyl (C=O) groups excluding carboxylic acids is 4. The van der Waals surface area contributed by atoms with Crippen LogP contribution in [0.25, 0.3) is 0 Å². The molecule has 0 aromatic rings. The number of aliphatic hydroxyl groups excluding tert-OH is 1. The summed E-state index contributed by atoms with van der Waals surface area (Å²) >= 11 is 0. The molecule has 0 radical (unpaired) electrons. The number of carbonyl (C=O) groups is 4. The Hall–Kier alpha value is -1.94. The van der Waals surface area contributed by atoms with E-state index >= 15 is 0 Å². The predicted octanol–water partition coefficient (Wildman–Crippen LogP) is 22.1. The third-order valence-corrected chi connectivity index (χ3v) is 19.4. The van der Waals surface area contributed by atoms with E-state index in [9.17, 15) is 43.2 Å². The minimum atomic E-state index is -4.95. The zero-order chi connectivity index (χ0) is 69.1. The van der Waals surface area contributed by atoms with Gasteiger partial charge >= 0.3 is 39.5 Å². The summed E-state index contributed by atoms with van der Waals surface area (Å²) < 4.78 is 68.2. The minimum Gasteiger partial charge on any atom is -0.462 e. The van der Waals surface area contributed by atoms with Crippen LogP contribution in [-0.4, -0.2) is 96.7 Å². The van der Waals surface area contributed by atoms with E-state index in [1.54, 1.807) is 0 Å². The second kappa shape index (κ2) is 68.2. The number of unbranched alkanes of at least 4 members (excludes halogenated alkanes) is 47. The number of aliphatic hydroxyl groups is 1. The number of phosphoric acid groups is 2. The lowest BCUT2D eigenvalue weighted by molar-refractivity contribution is -0.161. The molecule has 0 aromatic carbocycles. The Bertz CT molecular complexity index is 1810. The molecule has 0 rings (SSSR count). The SMILES string of the molecule is CCCCCCCCCCCCCCCCCCCCCCCC(=O)O[C@H](COC(=O)CCCCCCCCCCCCCCCCC(C)C)COP(=O)(O)OC[C@@H](O)COP(=O)(O)OC[C@@H](COC(=O)CCCCCCC)OC(=O)CCCCCCCCCCCCC. The van der Waals surface area contributed by atoms with Crippen LogP contribution in [-0.2, 0) is 65.4 Å². The lowest BCUT2D eigenvalue weighted by Gasteiger charge is -2.21. The van der Waals surface area contributed by atoms with Gasteiger partial charge in [-0.3, -0.25) is 37.3 Å². The average Bonchev–Trinajstić information content (AvgIpc) is 1.35. The molecule has 0 aliphatic heterocycles. The van der Waals surface area contributed by atoms with Gasteiger partial charge in [-0.1, -0.05) is 343 Å². The summed E-state index contributed by atoms with van der Waals surface area (Å²) in [5, 5.41) is 10.6. The molecule has 0 aliphatic rings. The molecule has 0 saturated heterocycles. The molecule has 19 heteroatoms. The first-order valence-electron chi connectivity index (χ1n) is 39.1. The molecule has 3 N–H and O–H groups in total. The number of ether oxygens (including phenoxy) is 4. The van der Waals surface area contributed by atoms with Crippen LogP contribution in [0.2, 0.25) is 0 Å². The number of esters is 4. The molecular weight excluding hydrogens is 1230 g/mol. The smallest absolute Gasteiger partial charge is 0.462 e. The number of phosphoric ester groups is 2. The summed E-state index contributed by atoms with van der Waals surface area (Å²) in [6.07, 6.45) is 57.4. The highest BCUT2D eigenvalue weighted by Crippen LogP contribution is 2.45. The molecule has 0 bridgehead atoms. The van der Waals surface area contributed by atoms with Gasteiger partial charge < -0.3 is 33.8 Å². The molecule has 17 nitrogen and oxygen atoms in total. The van der Waals surface area contributed by atoms with Crippen molar-refractivity contribution in [1.29, 1.82) is 0 Å². The molecule has 0 amide bonds. The van der Waals surface area contributed by atoms with Gasteiger partial charge in [-0.05, 0) is 31.6 Å². The Kier molecular flexibility index (Phi) is 66.8. The summed E-state index contributed by atoms with van der Waals surface area (Å²) in [6.45, 7) is 7.21. The third kappa shape index (κ3) is 68.6. The van der Waals surface area contributed by atoms with E-state index in [1.165, 1.54) is 212 Å². The maximum atomic E-state index is 13.1. The molecule has 94 heavy (non-hydrogen) atoms. The van der Waals surface area contributed by atoms with Crippen LogP contribution >= 0.6 is 15.6 Å². The van der Waals surface area contributed by atoms with Gasteiger partial charge in [0.25, 0.3) is 0 Å². The maximum absolute atomic E-state index is 13.1. The standard InChI is InChI=1S/C75H146O17P2/c1-6-9-12-15-17-19-21-22-23-24-25-26-27-28-29-34-38-42-46-51-56-61-75(80)92-71(65-86-73(78)59-54-49-44-40-37-33-31-30-32-36-39-43-48-52-57-68(4)5)67-90-94(83,84)88-63-69(76)62-87-93(81,82)89-66-70(64-85-72(77)58-53-47-14-11-8-3)91-74(79)60-55-50-45-41-35-20-18-16-13-10-7-2/h68-71,76H,6-67H2,1-5H3,(H,81,82)(H,83,84)/t69-,70+,71+/m0/s1. The van der Waals surface area contributed by atoms with Crippen molar-refractivity contribution >= 4 is 39.5 Å². The van der Waals surface area contributed by atoms with Crippen molar-refractivity contribution in [3.8, 4) is 0 Å². The van der Waals surface area contributed by atoms with E-state index in [4.69, 9.17) is 37.0 Å². The van der Waals surface area contributed by atoms with Crippen LogP contribution in [0.5, 0.6) is 0 Å². The van der Waals surface area contributed by atoms with Gasteiger partial charge in [-0.2, -0.15) is 0 Å². The number of hydrogen-bond donors (Lipinski definition) is 3. The molecule has 0 fully saturated rings. The Morgan fingerprint density at radius 2 is 0.489 bits per heavy atom. The van der Waals surface area contributed by atoms with Gasteiger partial charge in [0.1, 0.15) is 19.3 Å². The minimum absolute atomic E-state index is 0.106. The monoisotopic (exact) mass is 1380 g/mol. The van der Waals surface area contributed by atoms with E-state index in [2.05, 4.69) is 34.6 Å². The number of rotatable bonds is 75. The van der Waals surface area contributed by atoms with Crippen LogP contribution in [0.1, 0.15) is 394 Å². The zero-order valence-electron chi connectivity index (χ0n) is 61.1. The van der Waals surface area contributed by atoms with Gasteiger partial charge in [0.05, 0.1) is 26.4 Å². The second-order valence-corrected chi connectivity index (χ2v) is 30.4. The number of hydrogen-bond acceptors (Lipinski definition) is 15. The van der Waals surface area contributed by atoms with Crippen molar-refractivity contribution in [3.63, 3.8) is 0 Å². The third-order valence-electron chi connectivity index (χ3n) is 17.5. The van der Waals surface area contributed by atoms with Crippen LogP contribution in [0, 0.1) is 5.92 Å². The highest BCUT2D eigenvalue weighted by molar-refractivity contribution is 7.47. The molecule has 0 heterocycles. The fraction of sp³-hybridized carbons (Fsp3) is 0.947. The van der Waals surface area contributed by atoms with Gasteiger partial charge in [0.2, 0.25) is 0 Å². The largest absolute Gasteiger partial charge is 0.472 e. The molecule has 0 aromatic heterocycles. The second-order valence-electron chi connectivity index (χ2n) is 27.5. The highest BCUT2D eigenvalue weighted by Gasteiger charge is 2.30. The summed E-state index contributed by atoms with van der Waals surface area (Å²) in [4.78, 5) is 72.4. The predicted molar refractivity (Wildman–Crippen MR) is 382 cm³/mol. The van der Waals surface area contributed by atoms with Crippen LogP contribution in [0.4, 0.5) is 0 Å². The molecule has 0 spiro atoms. The average molecular weight is 1380 g/mol. The van der Waals surface area contributed by atoms with E-state index in [-0.39, 0.29) is 25.7 Å². The van der Waals surface area contributed by atoms with Crippen molar-refractivity contribution < 1.29 is 80.2 Å². The van der Waals surface area contributed by atoms with Gasteiger partial charge in [0.15, 0.2) is 12.2 Å². The van der Waals surface area contributed by atoms with Crippen molar-refractivity contribution in [3.05, 3.63) is 0 Å². The fourth-order valence-electron chi connectivity index (χ4n) is 11.5. The summed E-state index contributed by atoms with van der Waals surface area (Å²) in [7, 11) is -9.90. The van der Waals surface area contributed by atoms with Gasteiger partial charge in [-0.15, -0.1) is 0 Å². The Morgan fingerprint density at radius 1 is 0.287 bits per heavy atom. The highest BCUT2D eigenvalue weighted by atomic mass is 31.2. The summed E-state index contributed by atoms with van der Waals surface area (Å²) in [6, 6.07) is 0. The van der Waals surface area contributed by atoms with Gasteiger partial charge in [0, 0.05) is 25.7 Å². The van der Waals surface area contributed by atoms with Crippen molar-refractivity contribution in [2.24, 2.45) is 5.92 Å². The first kappa shape index (κ1) is 92.1. The molecule has 5 atom stereocenters. The maximum Gasteiger partial charge on any atom is 0.472 e. The summed E-state index contributed by atoms with van der Waals surface area (Å²) in [5.74, 6) is -1.33. The Balaban J connectivity index is 5.11. The fourth-order valence-corrected chi connectivity index (χ4v) is 13.1. The van der Waals surface area contributed by atoms with Crippen LogP contribution in [0.3, 0.4) is 0 Å². The zero-order valence-corrected chi connectivity index (χ0v) is 62.9. The Morgan fingerprint density at radius 3 is 0.723 bits per heavy atom. The molecule has 2 unspecified atom stereocenters. The molecule has 0 saturated carbocycles. The van der Waals surface area contributed by atoms with E-state index in [1.807, 2.05) is 0 Å².